The van der Waals surface area contributed by atoms with Gasteiger partial charge < -0.3 is 5.32 Å². The maximum Gasteiger partial charge on any atom is 0.242 e. The van der Waals surface area contributed by atoms with Crippen molar-refractivity contribution in [1.82, 2.24) is 4.72 Å². The summed E-state index contributed by atoms with van der Waals surface area (Å²) in [5, 5.41) is 2.72. The first kappa shape index (κ1) is 21.5. The highest BCUT2D eigenvalue weighted by Crippen LogP contribution is 2.23. The van der Waals surface area contributed by atoms with Gasteiger partial charge in [0.1, 0.15) is 0 Å². The van der Waals surface area contributed by atoms with E-state index in [9.17, 15) is 13.2 Å². The van der Waals surface area contributed by atoms with Crippen LogP contribution in [-0.4, -0.2) is 26.6 Å². The lowest BCUT2D eigenvalue weighted by Crippen LogP contribution is -2.41. The van der Waals surface area contributed by atoms with E-state index in [0.29, 0.717) is 5.69 Å². The second-order valence-electron chi connectivity index (χ2n) is 7.34. The number of hydrogen-bond donors (Lipinski definition) is 2. The lowest BCUT2D eigenvalue weighted by Gasteiger charge is -2.19. The second kappa shape index (κ2) is 8.46. The van der Waals surface area contributed by atoms with Gasteiger partial charge in [-0.05, 0) is 60.6 Å². The van der Waals surface area contributed by atoms with Crippen LogP contribution in [-0.2, 0) is 20.2 Å². The van der Waals surface area contributed by atoms with Crippen LogP contribution in [0.4, 0.5) is 5.69 Å². The molecule has 0 saturated heterocycles. The standard InChI is InChI=1S/C20H26N2O3S2/c1-14(19(23)21-16-8-10-17(26-5)11-9-16)22-27(24,25)18-12-6-15(7-13-18)20(2,3)4/h6-14,22H,1-5H3,(H,21,23)/t14-/m0/s1. The van der Waals surface area contributed by atoms with Crippen LogP contribution in [0.5, 0.6) is 0 Å². The molecular formula is C20H26N2O3S2. The summed E-state index contributed by atoms with van der Waals surface area (Å²) in [5.41, 5.74) is 1.61. The third-order valence-corrected chi connectivity index (χ3v) is 6.41. The number of carbonyl (C=O) groups excluding carboxylic acids is 1. The Balaban J connectivity index is 2.05. The van der Waals surface area contributed by atoms with Crippen molar-refractivity contribution in [2.45, 2.75) is 48.9 Å². The van der Waals surface area contributed by atoms with Crippen LogP contribution in [0, 0.1) is 0 Å². The Kier molecular flexibility index (Phi) is 6.72. The number of benzene rings is 2. The average Bonchev–Trinajstić information content (AvgIpc) is 2.61. The van der Waals surface area contributed by atoms with Gasteiger partial charge in [0.25, 0.3) is 0 Å². The maximum atomic E-state index is 12.6. The molecule has 0 radical (unpaired) electrons. The van der Waals surface area contributed by atoms with E-state index in [1.54, 1.807) is 48.2 Å². The molecule has 0 aliphatic rings. The lowest BCUT2D eigenvalue weighted by atomic mass is 9.87. The quantitative estimate of drug-likeness (QED) is 0.711. The zero-order valence-electron chi connectivity index (χ0n) is 16.2. The molecule has 0 aromatic heterocycles. The monoisotopic (exact) mass is 406 g/mol. The molecule has 0 spiro atoms. The minimum absolute atomic E-state index is 0.0608. The van der Waals surface area contributed by atoms with Gasteiger partial charge in [-0.3, -0.25) is 4.79 Å². The van der Waals surface area contributed by atoms with Crippen LogP contribution in [0.15, 0.2) is 58.3 Å². The molecule has 5 nitrogen and oxygen atoms in total. The Hall–Kier alpha value is -1.83. The average molecular weight is 407 g/mol. The van der Waals surface area contributed by atoms with Gasteiger partial charge in [-0.25, -0.2) is 8.42 Å². The smallest absolute Gasteiger partial charge is 0.242 e. The predicted molar refractivity (Wildman–Crippen MR) is 112 cm³/mol. The van der Waals surface area contributed by atoms with Crippen molar-refractivity contribution in [1.29, 1.82) is 0 Å². The lowest BCUT2D eigenvalue weighted by molar-refractivity contribution is -0.117. The molecule has 0 bridgehead atoms. The molecule has 2 N–H and O–H groups in total. The van der Waals surface area contributed by atoms with E-state index in [2.05, 4.69) is 30.8 Å². The van der Waals surface area contributed by atoms with Crippen LogP contribution in [0.2, 0.25) is 0 Å². The predicted octanol–water partition coefficient (Wildman–Crippen LogP) is 4.01. The third-order valence-electron chi connectivity index (χ3n) is 4.11. The molecule has 1 atom stereocenters. The van der Waals surface area contributed by atoms with Crippen molar-refractivity contribution in [2.24, 2.45) is 0 Å². The normalized spacial score (nSPS) is 13.2. The topological polar surface area (TPSA) is 75.3 Å². The van der Waals surface area contributed by atoms with E-state index in [4.69, 9.17) is 0 Å². The first-order valence-corrected chi connectivity index (χ1v) is 11.3. The minimum atomic E-state index is -3.78. The number of thioether (sulfide) groups is 1. The largest absolute Gasteiger partial charge is 0.325 e. The summed E-state index contributed by atoms with van der Waals surface area (Å²) in [5.74, 6) is -0.415. The molecule has 2 aromatic carbocycles. The molecule has 1 amide bonds. The molecule has 0 saturated carbocycles. The van der Waals surface area contributed by atoms with E-state index < -0.39 is 22.0 Å². The van der Waals surface area contributed by atoms with Crippen LogP contribution >= 0.6 is 11.8 Å². The van der Waals surface area contributed by atoms with Crippen molar-refractivity contribution in [3.63, 3.8) is 0 Å². The Morgan fingerprint density at radius 3 is 2.04 bits per heavy atom. The summed E-state index contributed by atoms with van der Waals surface area (Å²) in [6.45, 7) is 7.71. The van der Waals surface area contributed by atoms with Crippen LogP contribution < -0.4 is 10.0 Å². The molecule has 2 aromatic rings. The zero-order valence-corrected chi connectivity index (χ0v) is 17.9. The van der Waals surface area contributed by atoms with Gasteiger partial charge in [-0.15, -0.1) is 11.8 Å². The first-order chi connectivity index (χ1) is 12.5. The summed E-state index contributed by atoms with van der Waals surface area (Å²) < 4.78 is 27.5. The summed E-state index contributed by atoms with van der Waals surface area (Å²) >= 11 is 1.61. The zero-order chi connectivity index (χ0) is 20.2. The number of sulfonamides is 1. The van der Waals surface area contributed by atoms with Crippen LogP contribution in [0.1, 0.15) is 33.3 Å². The van der Waals surface area contributed by atoms with Gasteiger partial charge in [0.05, 0.1) is 10.9 Å². The fraction of sp³-hybridized carbons (Fsp3) is 0.350. The van der Waals surface area contributed by atoms with E-state index in [1.165, 1.54) is 6.92 Å². The Bertz CT molecular complexity index is 884. The van der Waals surface area contributed by atoms with Crippen molar-refractivity contribution < 1.29 is 13.2 Å². The van der Waals surface area contributed by atoms with E-state index in [1.807, 2.05) is 18.4 Å². The molecule has 2 rings (SSSR count). The highest BCUT2D eigenvalue weighted by molar-refractivity contribution is 7.98. The Labute approximate surface area is 166 Å². The molecule has 0 aliphatic heterocycles. The first-order valence-electron chi connectivity index (χ1n) is 8.61. The number of hydrogen-bond acceptors (Lipinski definition) is 4. The van der Waals surface area contributed by atoms with Crippen molar-refractivity contribution in [2.75, 3.05) is 11.6 Å². The molecule has 7 heteroatoms. The molecule has 0 fully saturated rings. The third kappa shape index (κ3) is 5.82. The van der Waals surface area contributed by atoms with Crippen LogP contribution in [0.3, 0.4) is 0 Å². The molecule has 0 heterocycles. The van der Waals surface area contributed by atoms with Crippen molar-refractivity contribution in [3.05, 3.63) is 54.1 Å². The maximum absolute atomic E-state index is 12.6. The van der Waals surface area contributed by atoms with E-state index in [-0.39, 0.29) is 10.3 Å². The SMILES string of the molecule is CSc1ccc(NC(=O)[C@H](C)NS(=O)(=O)c2ccc(C(C)(C)C)cc2)cc1. The summed E-state index contributed by atoms with van der Waals surface area (Å²) in [7, 11) is -3.78. The number of nitrogens with one attached hydrogen (secondary N) is 2. The van der Waals surface area contributed by atoms with E-state index >= 15 is 0 Å². The van der Waals surface area contributed by atoms with Crippen molar-refractivity contribution >= 4 is 33.4 Å². The summed E-state index contributed by atoms with van der Waals surface area (Å²) in [6, 6.07) is 13.2. The summed E-state index contributed by atoms with van der Waals surface area (Å²) in [4.78, 5) is 13.5. The molecule has 146 valence electrons. The Morgan fingerprint density at radius 2 is 1.56 bits per heavy atom. The van der Waals surface area contributed by atoms with Gasteiger partial charge in [0.15, 0.2) is 0 Å². The van der Waals surface area contributed by atoms with Gasteiger partial charge in [0.2, 0.25) is 15.9 Å². The number of carbonyl (C=O) groups is 1. The van der Waals surface area contributed by atoms with Gasteiger partial charge in [-0.1, -0.05) is 32.9 Å². The van der Waals surface area contributed by atoms with E-state index in [0.717, 1.165) is 10.5 Å². The van der Waals surface area contributed by atoms with Gasteiger partial charge in [0, 0.05) is 10.6 Å². The molecular weight excluding hydrogens is 380 g/mol. The fourth-order valence-corrected chi connectivity index (χ4v) is 4.02. The fourth-order valence-electron chi connectivity index (χ4n) is 2.41. The molecule has 0 unspecified atom stereocenters. The number of rotatable bonds is 6. The molecule has 0 aliphatic carbocycles. The second-order valence-corrected chi connectivity index (χ2v) is 9.93. The minimum Gasteiger partial charge on any atom is -0.325 e. The summed E-state index contributed by atoms with van der Waals surface area (Å²) in [6.07, 6.45) is 1.97. The van der Waals surface area contributed by atoms with Crippen molar-refractivity contribution in [3.8, 4) is 0 Å². The Morgan fingerprint density at radius 1 is 1.00 bits per heavy atom. The number of amides is 1. The van der Waals surface area contributed by atoms with Crippen LogP contribution in [0.25, 0.3) is 0 Å². The van der Waals surface area contributed by atoms with Gasteiger partial charge in [-0.2, -0.15) is 4.72 Å². The van der Waals surface area contributed by atoms with Gasteiger partial charge >= 0.3 is 0 Å². The molecule has 27 heavy (non-hydrogen) atoms. The number of anilines is 1. The highest BCUT2D eigenvalue weighted by Gasteiger charge is 2.23. The highest BCUT2D eigenvalue weighted by atomic mass is 32.2.